The third-order valence-electron chi connectivity index (χ3n) is 11.6. The fourth-order valence-corrected chi connectivity index (χ4v) is 7.53. The van der Waals surface area contributed by atoms with Gasteiger partial charge in [-0.25, -0.2) is 0 Å². The van der Waals surface area contributed by atoms with Crippen molar-refractivity contribution < 1.29 is 73.8 Å². The number of carbonyl (C=O) groups is 2. The highest BCUT2D eigenvalue weighted by molar-refractivity contribution is 5.70. The molecule has 0 aromatic rings. The number of aliphatic hydroxyl groups excluding tert-OH is 7. The van der Waals surface area contributed by atoms with Crippen LogP contribution in [0.3, 0.4) is 0 Å². The minimum absolute atomic E-state index is 0.0948. The van der Waals surface area contributed by atoms with Gasteiger partial charge in [-0.05, 0) is 44.9 Å². The van der Waals surface area contributed by atoms with Gasteiger partial charge in [-0.1, -0.05) is 147 Å². The van der Waals surface area contributed by atoms with Crippen molar-refractivity contribution in [1.29, 1.82) is 0 Å². The highest BCUT2D eigenvalue weighted by atomic mass is 16.7. The van der Waals surface area contributed by atoms with Gasteiger partial charge in [-0.15, -0.1) is 0 Å². The zero-order chi connectivity index (χ0) is 46.8. The van der Waals surface area contributed by atoms with E-state index in [1.54, 1.807) is 0 Å². The smallest absolute Gasteiger partial charge is 0.306 e. The van der Waals surface area contributed by atoms with Gasteiger partial charge in [0.25, 0.3) is 0 Å². The monoisotopic (exact) mass is 915 g/mol. The van der Waals surface area contributed by atoms with Gasteiger partial charge in [0.2, 0.25) is 0 Å². The molecule has 2 heterocycles. The van der Waals surface area contributed by atoms with Crippen molar-refractivity contribution in [3.05, 3.63) is 36.5 Å². The molecular weight excluding hydrogens is 829 g/mol. The van der Waals surface area contributed by atoms with Gasteiger partial charge in [0, 0.05) is 12.8 Å². The Balaban J connectivity index is 1.85. The summed E-state index contributed by atoms with van der Waals surface area (Å²) in [6.07, 6.45) is 20.5. The van der Waals surface area contributed by atoms with Crippen LogP contribution in [0.4, 0.5) is 0 Å². The minimum atomic E-state index is -1.77. The Morgan fingerprint density at radius 3 is 1.52 bits per heavy atom. The van der Waals surface area contributed by atoms with E-state index in [-0.39, 0.29) is 19.4 Å². The predicted octanol–water partition coefficient (Wildman–Crippen LogP) is 6.15. The maximum Gasteiger partial charge on any atom is 0.306 e. The summed E-state index contributed by atoms with van der Waals surface area (Å²) in [5.41, 5.74) is 0. The Kier molecular flexibility index (Phi) is 33.3. The van der Waals surface area contributed by atoms with Gasteiger partial charge in [0.15, 0.2) is 18.7 Å². The molecule has 0 saturated carbocycles. The van der Waals surface area contributed by atoms with Gasteiger partial charge in [0.05, 0.1) is 19.8 Å². The second-order valence-corrected chi connectivity index (χ2v) is 17.3. The zero-order valence-corrected chi connectivity index (χ0v) is 39.0. The van der Waals surface area contributed by atoms with Gasteiger partial charge in [-0.2, -0.15) is 0 Å². The van der Waals surface area contributed by atoms with Crippen molar-refractivity contribution in [3.63, 3.8) is 0 Å². The van der Waals surface area contributed by atoms with Crippen molar-refractivity contribution in [2.75, 3.05) is 26.4 Å². The lowest BCUT2D eigenvalue weighted by Crippen LogP contribution is -2.61. The average molecular weight is 915 g/mol. The van der Waals surface area contributed by atoms with Crippen LogP contribution >= 0.6 is 0 Å². The second kappa shape index (κ2) is 36.8. The van der Waals surface area contributed by atoms with E-state index in [0.717, 1.165) is 38.5 Å². The maximum absolute atomic E-state index is 12.9. The molecule has 0 aromatic carbocycles. The molecule has 0 aromatic heterocycles. The number of unbranched alkanes of at least 4 members (excludes halogenated alkanes) is 17. The molecule has 0 aliphatic carbocycles. The highest BCUT2D eigenvalue weighted by Gasteiger charge is 2.47. The Labute approximate surface area is 383 Å². The van der Waals surface area contributed by atoms with Crippen molar-refractivity contribution in [2.24, 2.45) is 0 Å². The summed E-state index contributed by atoms with van der Waals surface area (Å²) < 4.78 is 33.4. The summed E-state index contributed by atoms with van der Waals surface area (Å²) in [4.78, 5) is 25.6. The lowest BCUT2D eigenvalue weighted by atomic mass is 9.98. The number of carbonyl (C=O) groups excluding carboxylic acids is 2. The first-order valence-corrected chi connectivity index (χ1v) is 24.6. The van der Waals surface area contributed by atoms with Crippen molar-refractivity contribution >= 4 is 11.9 Å². The molecule has 11 atom stereocenters. The average Bonchev–Trinajstić information content (AvgIpc) is 3.29. The number of rotatable bonds is 37. The van der Waals surface area contributed by atoms with E-state index in [1.807, 2.05) is 6.08 Å². The molecule has 4 unspecified atom stereocenters. The fourth-order valence-electron chi connectivity index (χ4n) is 7.53. The molecule has 372 valence electrons. The fraction of sp³-hybridized carbons (Fsp3) is 0.837. The summed E-state index contributed by atoms with van der Waals surface area (Å²) in [7, 11) is 0. The molecule has 0 radical (unpaired) electrons. The van der Waals surface area contributed by atoms with Crippen LogP contribution in [-0.2, 0) is 38.0 Å². The molecular formula is C49H86O15. The van der Waals surface area contributed by atoms with Crippen LogP contribution in [0.2, 0.25) is 0 Å². The minimum Gasteiger partial charge on any atom is -0.462 e. The first kappa shape index (κ1) is 57.8. The van der Waals surface area contributed by atoms with Gasteiger partial charge in [0.1, 0.15) is 55.4 Å². The molecule has 2 saturated heterocycles. The molecule has 2 aliphatic rings. The quantitative estimate of drug-likeness (QED) is 0.0211. The van der Waals surface area contributed by atoms with E-state index in [0.29, 0.717) is 19.3 Å². The number of ether oxygens (including phenoxy) is 6. The standard InChI is InChI=1S/C49H86O15/c1-3-5-7-9-11-13-15-16-17-18-19-20-22-24-26-28-30-32-41(52)62-37(34-59-40(51)31-29-27-25-23-21-14-12-10-8-6-4-2)35-60-48-47(58)45(56)43(54)39(64-48)36-61-49-46(57)44(55)42(53)38(33-50)63-49/h16-17,19-20,24,26,37-39,42-50,53-58H,3-15,18,21-23,25,27-36H2,1-2H3/b17-16+,20-19+,26-24+/t37-,38+,39+,42-,43-,44?,45?,46?,47?,48+,49+/m1/s1. The van der Waals surface area contributed by atoms with Crippen molar-refractivity contribution in [3.8, 4) is 0 Å². The topological polar surface area (TPSA) is 231 Å². The van der Waals surface area contributed by atoms with Crippen LogP contribution in [0, 0.1) is 0 Å². The number of hydrogen-bond acceptors (Lipinski definition) is 15. The summed E-state index contributed by atoms with van der Waals surface area (Å²) in [5.74, 6) is -0.985. The lowest BCUT2D eigenvalue weighted by molar-refractivity contribution is -0.332. The molecule has 2 fully saturated rings. The molecule has 7 N–H and O–H groups in total. The van der Waals surface area contributed by atoms with Crippen LogP contribution < -0.4 is 0 Å². The van der Waals surface area contributed by atoms with Crippen LogP contribution in [0.15, 0.2) is 36.5 Å². The van der Waals surface area contributed by atoms with E-state index >= 15 is 0 Å². The molecule has 0 amide bonds. The molecule has 2 aliphatic heterocycles. The second-order valence-electron chi connectivity index (χ2n) is 17.3. The van der Waals surface area contributed by atoms with Crippen molar-refractivity contribution in [1.82, 2.24) is 0 Å². The van der Waals surface area contributed by atoms with E-state index in [2.05, 4.69) is 44.2 Å². The first-order valence-electron chi connectivity index (χ1n) is 24.6. The van der Waals surface area contributed by atoms with E-state index in [4.69, 9.17) is 28.4 Å². The molecule has 0 bridgehead atoms. The Hall–Kier alpha value is -2.28. The summed E-state index contributed by atoms with van der Waals surface area (Å²) in [5, 5.41) is 71.9. The van der Waals surface area contributed by atoms with E-state index in [9.17, 15) is 45.3 Å². The Morgan fingerprint density at radius 2 is 0.953 bits per heavy atom. The largest absolute Gasteiger partial charge is 0.462 e. The summed E-state index contributed by atoms with van der Waals surface area (Å²) >= 11 is 0. The van der Waals surface area contributed by atoms with Gasteiger partial charge < -0.3 is 64.2 Å². The summed E-state index contributed by atoms with van der Waals surface area (Å²) in [6.45, 7) is 2.51. The summed E-state index contributed by atoms with van der Waals surface area (Å²) in [6, 6.07) is 0. The van der Waals surface area contributed by atoms with E-state index in [1.165, 1.54) is 83.5 Å². The molecule has 2 rings (SSSR count). The lowest BCUT2D eigenvalue weighted by Gasteiger charge is -2.42. The third-order valence-corrected chi connectivity index (χ3v) is 11.6. The van der Waals surface area contributed by atoms with Crippen LogP contribution in [0.25, 0.3) is 0 Å². The SMILES string of the molecule is CCCCCCCC/C=C/C/C=C/C/C=C/CCCC(=O)O[C@H](COC(=O)CCCCCCCCCCCCC)CO[C@H]1O[C@@H](CO[C@H]2O[C@@H](CO)[C@@H](O)C(O)C2O)[C@@H](O)C(O)C1O. The number of allylic oxidation sites excluding steroid dienone is 6. The predicted molar refractivity (Wildman–Crippen MR) is 243 cm³/mol. The van der Waals surface area contributed by atoms with E-state index < -0.39 is 99.3 Å². The van der Waals surface area contributed by atoms with Crippen LogP contribution in [0.5, 0.6) is 0 Å². The normalized spacial score (nSPS) is 26.9. The Morgan fingerprint density at radius 1 is 0.500 bits per heavy atom. The molecule has 15 nitrogen and oxygen atoms in total. The Bertz CT molecular complexity index is 1260. The third kappa shape index (κ3) is 25.0. The zero-order valence-electron chi connectivity index (χ0n) is 39.0. The molecule has 15 heteroatoms. The maximum atomic E-state index is 12.9. The van der Waals surface area contributed by atoms with Crippen molar-refractivity contribution in [2.45, 2.75) is 235 Å². The van der Waals surface area contributed by atoms with Crippen LogP contribution in [-0.4, -0.2) is 142 Å². The number of esters is 2. The molecule has 0 spiro atoms. The number of hydrogen-bond donors (Lipinski definition) is 7. The highest BCUT2D eigenvalue weighted by Crippen LogP contribution is 2.26. The first-order chi connectivity index (χ1) is 31.0. The molecule has 64 heavy (non-hydrogen) atoms. The number of aliphatic hydroxyl groups is 7. The van der Waals surface area contributed by atoms with Gasteiger partial charge in [-0.3, -0.25) is 9.59 Å². The van der Waals surface area contributed by atoms with Gasteiger partial charge >= 0.3 is 11.9 Å². The van der Waals surface area contributed by atoms with Crippen LogP contribution in [0.1, 0.15) is 168 Å².